The molecule has 1 aliphatic heterocycles. The number of Topliss-reactive ketones (excluding diaryl/α,β-unsaturated/α-hetero) is 1. The average Bonchev–Trinajstić information content (AvgIpc) is 3.79. The lowest BCUT2D eigenvalue weighted by molar-refractivity contribution is -0.134. The molecular weight excluding hydrogens is 560 g/mol. The molecule has 2 aliphatic rings. The minimum atomic E-state index is -1.05. The topological polar surface area (TPSA) is 166 Å². The number of carbonyl (C=O) groups excluding carboxylic acids is 4. The van der Waals surface area contributed by atoms with Crippen molar-refractivity contribution in [3.05, 3.63) is 82.2 Å². The third-order valence-electron chi connectivity index (χ3n) is 8.46. The number of carbonyl (C=O) groups is 4. The van der Waals surface area contributed by atoms with E-state index in [4.69, 9.17) is 4.74 Å². The van der Waals surface area contributed by atoms with E-state index in [9.17, 15) is 24.7 Å². The summed E-state index contributed by atoms with van der Waals surface area (Å²) in [6, 6.07) is 14.7. The second kappa shape index (κ2) is 15.5. The summed E-state index contributed by atoms with van der Waals surface area (Å²) < 4.78 is 5.26. The zero-order chi connectivity index (χ0) is 31.5. The molecule has 2 aromatic carbocycles. The van der Waals surface area contributed by atoms with Crippen molar-refractivity contribution in [1.29, 1.82) is 0 Å². The van der Waals surface area contributed by atoms with Crippen LogP contribution in [0.4, 0.5) is 0 Å². The van der Waals surface area contributed by atoms with Crippen molar-refractivity contribution in [2.75, 3.05) is 6.61 Å². The van der Waals surface area contributed by atoms with Crippen molar-refractivity contribution in [2.24, 2.45) is 11.0 Å². The zero-order valence-corrected chi connectivity index (χ0v) is 25.4. The van der Waals surface area contributed by atoms with Crippen LogP contribution in [0.2, 0.25) is 0 Å². The summed E-state index contributed by atoms with van der Waals surface area (Å²) in [5.41, 5.74) is 9.92. The van der Waals surface area contributed by atoms with Gasteiger partial charge in [-0.05, 0) is 49.3 Å². The molecular formula is C33H42N6O5. The molecule has 0 radical (unpaired) electrons. The molecule has 5 atom stereocenters. The summed E-state index contributed by atoms with van der Waals surface area (Å²) in [6.45, 7) is 3.59. The third-order valence-corrected chi connectivity index (χ3v) is 8.46. The van der Waals surface area contributed by atoms with Gasteiger partial charge >= 0.3 is 0 Å². The standard InChI is InChI=1S/C33H42N6O5/c1-22(29(40)33(2)21-44-33)35-30(41)26(18-23-12-6-3-7-13-23)36-31(42)27(19-24-14-8-4-9-15-24)37-32(43)28(38-39-34)20-25-16-10-5-11-17-25/h3,5-7,10-13,16-17,22,24,26-28H,4,8-9,14-15,18-21H2,1-2H3,(H,35,41)(H,36,42)(H,37,43)/t22-,26-,27-,28?,33+/m0/s1. The SMILES string of the molecule is C[C@H](NC(=O)[C@H](Cc1ccccc1)NC(=O)[C@H](CC1CCCCC1)NC(=O)C(Cc1ccccc1)N=[N+]=[N-])C(=O)[C@@]1(C)CO1. The van der Waals surface area contributed by atoms with Gasteiger partial charge in [-0.25, -0.2) is 0 Å². The Morgan fingerprint density at radius 3 is 1.98 bits per heavy atom. The molecule has 11 heteroatoms. The molecule has 0 spiro atoms. The lowest BCUT2D eigenvalue weighted by atomic mass is 9.84. The highest BCUT2D eigenvalue weighted by Crippen LogP contribution is 2.29. The number of ketones is 1. The fraction of sp³-hybridized carbons (Fsp3) is 0.515. The number of epoxide rings is 1. The van der Waals surface area contributed by atoms with E-state index in [0.29, 0.717) is 13.0 Å². The molecule has 1 aliphatic carbocycles. The van der Waals surface area contributed by atoms with Crippen LogP contribution < -0.4 is 16.0 Å². The van der Waals surface area contributed by atoms with Gasteiger partial charge in [-0.1, -0.05) is 97.9 Å². The van der Waals surface area contributed by atoms with Crippen LogP contribution in [0.15, 0.2) is 65.8 Å². The van der Waals surface area contributed by atoms with Gasteiger partial charge in [-0.2, -0.15) is 0 Å². The lowest BCUT2D eigenvalue weighted by Gasteiger charge is -2.29. The summed E-state index contributed by atoms with van der Waals surface area (Å²) in [6.07, 6.45) is 5.89. The summed E-state index contributed by atoms with van der Waals surface area (Å²) in [4.78, 5) is 56.5. The van der Waals surface area contributed by atoms with E-state index in [1.54, 1.807) is 13.8 Å². The van der Waals surface area contributed by atoms with E-state index in [1.807, 2.05) is 60.7 Å². The first kappa shape index (κ1) is 32.7. The molecule has 2 fully saturated rings. The Kier molecular flexibility index (Phi) is 11.5. The van der Waals surface area contributed by atoms with E-state index in [0.717, 1.165) is 43.2 Å². The predicted molar refractivity (Wildman–Crippen MR) is 165 cm³/mol. The van der Waals surface area contributed by atoms with Crippen LogP contribution in [0.3, 0.4) is 0 Å². The second-order valence-corrected chi connectivity index (χ2v) is 12.1. The molecule has 1 saturated heterocycles. The Bertz CT molecular complexity index is 1340. The largest absolute Gasteiger partial charge is 0.361 e. The fourth-order valence-electron chi connectivity index (χ4n) is 5.76. The summed E-state index contributed by atoms with van der Waals surface area (Å²) in [7, 11) is 0. The number of benzene rings is 2. The normalized spacial score (nSPS) is 20.6. The average molecular weight is 603 g/mol. The first-order chi connectivity index (χ1) is 21.2. The third kappa shape index (κ3) is 9.39. The first-order valence-corrected chi connectivity index (χ1v) is 15.4. The molecule has 3 N–H and O–H groups in total. The van der Waals surface area contributed by atoms with E-state index in [2.05, 4.69) is 26.0 Å². The minimum Gasteiger partial charge on any atom is -0.361 e. The fourth-order valence-corrected chi connectivity index (χ4v) is 5.76. The molecule has 11 nitrogen and oxygen atoms in total. The molecule has 1 saturated carbocycles. The Balaban J connectivity index is 1.52. The number of nitrogens with zero attached hydrogens (tertiary/aromatic N) is 3. The maximum absolute atomic E-state index is 13.9. The van der Waals surface area contributed by atoms with Gasteiger partial charge in [0.25, 0.3) is 0 Å². The maximum Gasteiger partial charge on any atom is 0.243 e. The van der Waals surface area contributed by atoms with Crippen molar-refractivity contribution in [2.45, 2.75) is 95.0 Å². The summed E-state index contributed by atoms with van der Waals surface area (Å²) in [5, 5.41) is 12.2. The van der Waals surface area contributed by atoms with Gasteiger partial charge in [0.1, 0.15) is 23.7 Å². The van der Waals surface area contributed by atoms with E-state index in [1.165, 1.54) is 0 Å². The van der Waals surface area contributed by atoms with Gasteiger partial charge in [0.15, 0.2) is 5.78 Å². The van der Waals surface area contributed by atoms with Crippen LogP contribution in [-0.4, -0.2) is 59.9 Å². The minimum absolute atomic E-state index is 0.183. The predicted octanol–water partition coefficient (Wildman–Crippen LogP) is 3.95. The highest BCUT2D eigenvalue weighted by atomic mass is 16.6. The van der Waals surface area contributed by atoms with Gasteiger partial charge in [0.2, 0.25) is 17.7 Å². The van der Waals surface area contributed by atoms with Crippen LogP contribution >= 0.6 is 0 Å². The number of ether oxygens (including phenoxy) is 1. The molecule has 0 aromatic heterocycles. The number of azide groups is 1. The van der Waals surface area contributed by atoms with Crippen molar-refractivity contribution in [1.82, 2.24) is 16.0 Å². The van der Waals surface area contributed by atoms with E-state index >= 15 is 0 Å². The number of rotatable bonds is 15. The number of hydrogen-bond acceptors (Lipinski definition) is 6. The van der Waals surface area contributed by atoms with Gasteiger partial charge in [0, 0.05) is 11.3 Å². The van der Waals surface area contributed by atoms with E-state index < -0.39 is 47.5 Å². The van der Waals surface area contributed by atoms with Crippen LogP contribution in [0.5, 0.6) is 0 Å². The van der Waals surface area contributed by atoms with Crippen LogP contribution in [0, 0.1) is 5.92 Å². The highest BCUT2D eigenvalue weighted by molar-refractivity contribution is 5.98. The second-order valence-electron chi connectivity index (χ2n) is 12.1. The number of nitrogens with one attached hydrogen (secondary N) is 3. The smallest absolute Gasteiger partial charge is 0.243 e. The zero-order valence-electron chi connectivity index (χ0n) is 25.4. The highest BCUT2D eigenvalue weighted by Gasteiger charge is 2.49. The van der Waals surface area contributed by atoms with Crippen molar-refractivity contribution < 1.29 is 23.9 Å². The first-order valence-electron chi connectivity index (χ1n) is 15.4. The maximum atomic E-state index is 13.9. The van der Waals surface area contributed by atoms with Gasteiger partial charge in [-0.15, -0.1) is 0 Å². The van der Waals surface area contributed by atoms with Gasteiger partial charge in [-0.3, -0.25) is 19.2 Å². The number of amides is 3. The molecule has 1 unspecified atom stereocenters. The Hall–Kier alpha value is -4.21. The molecule has 4 rings (SSSR count). The lowest BCUT2D eigenvalue weighted by Crippen LogP contribution is -2.57. The van der Waals surface area contributed by atoms with Crippen molar-refractivity contribution >= 4 is 23.5 Å². The molecule has 2 aromatic rings. The Morgan fingerprint density at radius 1 is 0.864 bits per heavy atom. The van der Waals surface area contributed by atoms with Crippen LogP contribution in [0.25, 0.3) is 10.4 Å². The quantitative estimate of drug-likeness (QED) is 0.121. The molecule has 3 amide bonds. The van der Waals surface area contributed by atoms with Crippen molar-refractivity contribution in [3.63, 3.8) is 0 Å². The molecule has 44 heavy (non-hydrogen) atoms. The monoisotopic (exact) mass is 602 g/mol. The Labute approximate surface area is 258 Å². The molecule has 0 bridgehead atoms. The van der Waals surface area contributed by atoms with Crippen molar-refractivity contribution in [3.8, 4) is 0 Å². The van der Waals surface area contributed by atoms with E-state index in [-0.39, 0.29) is 24.5 Å². The van der Waals surface area contributed by atoms with Crippen LogP contribution in [0.1, 0.15) is 63.5 Å². The Morgan fingerprint density at radius 2 is 1.41 bits per heavy atom. The summed E-state index contributed by atoms with van der Waals surface area (Å²) >= 11 is 0. The number of hydrogen-bond donors (Lipinski definition) is 3. The van der Waals surface area contributed by atoms with Gasteiger partial charge in [0.05, 0.1) is 12.6 Å². The van der Waals surface area contributed by atoms with Crippen LogP contribution in [-0.2, 0) is 36.8 Å². The van der Waals surface area contributed by atoms with Gasteiger partial charge < -0.3 is 20.7 Å². The molecule has 1 heterocycles. The molecule has 234 valence electrons. The summed E-state index contributed by atoms with van der Waals surface area (Å²) in [5.74, 6) is -1.57.